The standard InChI is InChI=1S/C7H9N3/c1-2-10-7-5-9-4-3-6(7)8/h2-5H,1H3,(H2,8,9). The molecule has 0 amide bonds. The average Bonchev–Trinajstić information content (AvgIpc) is 1.94. The molecular formula is C7H9N3. The van der Waals surface area contributed by atoms with Crippen LogP contribution in [-0.2, 0) is 0 Å². The summed E-state index contributed by atoms with van der Waals surface area (Å²) in [5.74, 6) is 0. The number of anilines is 1. The van der Waals surface area contributed by atoms with Gasteiger partial charge in [-0.1, -0.05) is 0 Å². The van der Waals surface area contributed by atoms with Crippen molar-refractivity contribution >= 4 is 17.6 Å². The van der Waals surface area contributed by atoms with Gasteiger partial charge in [-0.25, -0.2) is 0 Å². The van der Waals surface area contributed by atoms with Crippen LogP contribution in [0.3, 0.4) is 0 Å². The molecular weight excluding hydrogens is 126 g/mol. The minimum Gasteiger partial charge on any atom is -0.397 e. The van der Waals surface area contributed by atoms with E-state index in [-0.39, 0.29) is 0 Å². The molecule has 1 aromatic heterocycles. The Kier molecular flexibility index (Phi) is 1.99. The number of nitrogens with zero attached hydrogens (tertiary/aromatic N) is 2. The lowest BCUT2D eigenvalue weighted by Gasteiger charge is -1.94. The molecule has 0 aliphatic rings. The molecule has 1 heterocycles. The SMILES string of the molecule is CC=Nc1cnccc1N. The Morgan fingerprint density at radius 1 is 1.70 bits per heavy atom. The minimum absolute atomic E-state index is 0.660. The van der Waals surface area contributed by atoms with Crippen LogP contribution in [-0.4, -0.2) is 11.2 Å². The summed E-state index contributed by atoms with van der Waals surface area (Å²) in [6, 6.07) is 1.72. The topological polar surface area (TPSA) is 51.3 Å². The fraction of sp³-hybridized carbons (Fsp3) is 0.143. The van der Waals surface area contributed by atoms with Gasteiger partial charge in [-0.2, -0.15) is 0 Å². The molecule has 3 nitrogen and oxygen atoms in total. The number of hydrogen-bond donors (Lipinski definition) is 1. The second kappa shape index (κ2) is 2.96. The first-order valence-corrected chi connectivity index (χ1v) is 3.02. The highest BCUT2D eigenvalue weighted by Gasteiger charge is 1.91. The van der Waals surface area contributed by atoms with Crippen molar-refractivity contribution in [1.82, 2.24) is 4.98 Å². The zero-order valence-corrected chi connectivity index (χ0v) is 5.78. The number of aromatic nitrogens is 1. The molecule has 1 aromatic rings. The lowest BCUT2D eigenvalue weighted by atomic mass is 10.4. The molecule has 0 atom stereocenters. The molecule has 2 N–H and O–H groups in total. The lowest BCUT2D eigenvalue weighted by molar-refractivity contribution is 1.31. The first-order chi connectivity index (χ1) is 4.84. The third-order valence-electron chi connectivity index (χ3n) is 1.10. The van der Waals surface area contributed by atoms with Crippen LogP contribution < -0.4 is 5.73 Å². The van der Waals surface area contributed by atoms with Crippen molar-refractivity contribution in [2.24, 2.45) is 4.99 Å². The van der Waals surface area contributed by atoms with Crippen LogP contribution in [0, 0.1) is 0 Å². The fourth-order valence-electron chi connectivity index (χ4n) is 0.644. The zero-order valence-electron chi connectivity index (χ0n) is 5.78. The summed E-state index contributed by atoms with van der Waals surface area (Å²) in [5, 5.41) is 0. The molecule has 0 spiro atoms. The fourth-order valence-corrected chi connectivity index (χ4v) is 0.644. The molecule has 1 rings (SSSR count). The van der Waals surface area contributed by atoms with Crippen LogP contribution in [0.5, 0.6) is 0 Å². The molecule has 3 heteroatoms. The molecule has 52 valence electrons. The summed E-state index contributed by atoms with van der Waals surface area (Å²) >= 11 is 0. The van der Waals surface area contributed by atoms with Gasteiger partial charge in [0.05, 0.1) is 11.9 Å². The predicted molar refractivity (Wildman–Crippen MR) is 42.5 cm³/mol. The van der Waals surface area contributed by atoms with Crippen LogP contribution in [0.25, 0.3) is 0 Å². The smallest absolute Gasteiger partial charge is 0.104 e. The van der Waals surface area contributed by atoms with E-state index in [2.05, 4.69) is 9.98 Å². The third kappa shape index (κ3) is 1.31. The summed E-state index contributed by atoms with van der Waals surface area (Å²) < 4.78 is 0. The molecule has 0 fully saturated rings. The van der Waals surface area contributed by atoms with E-state index in [1.165, 1.54) is 0 Å². The Labute approximate surface area is 59.6 Å². The maximum atomic E-state index is 5.55. The van der Waals surface area contributed by atoms with Gasteiger partial charge in [0.15, 0.2) is 0 Å². The molecule has 0 saturated heterocycles. The monoisotopic (exact) mass is 135 g/mol. The van der Waals surface area contributed by atoms with Crippen molar-refractivity contribution < 1.29 is 0 Å². The van der Waals surface area contributed by atoms with Crippen molar-refractivity contribution in [3.05, 3.63) is 18.5 Å². The largest absolute Gasteiger partial charge is 0.397 e. The van der Waals surface area contributed by atoms with E-state index in [4.69, 9.17) is 5.73 Å². The molecule has 0 unspecified atom stereocenters. The number of pyridine rings is 1. The Morgan fingerprint density at radius 2 is 2.50 bits per heavy atom. The van der Waals surface area contributed by atoms with Crippen molar-refractivity contribution in [2.45, 2.75) is 6.92 Å². The van der Waals surface area contributed by atoms with Crippen molar-refractivity contribution in [2.75, 3.05) is 5.73 Å². The molecule has 0 aliphatic carbocycles. The average molecular weight is 135 g/mol. The van der Waals surface area contributed by atoms with E-state index in [1.54, 1.807) is 24.7 Å². The normalized spacial score (nSPS) is 10.5. The highest BCUT2D eigenvalue weighted by molar-refractivity contribution is 5.68. The van der Waals surface area contributed by atoms with E-state index < -0.39 is 0 Å². The Morgan fingerprint density at radius 3 is 3.10 bits per heavy atom. The number of nitrogens with two attached hydrogens (primary N) is 1. The van der Waals surface area contributed by atoms with Gasteiger partial charge in [-0.3, -0.25) is 9.98 Å². The highest BCUT2D eigenvalue weighted by atomic mass is 14.8. The van der Waals surface area contributed by atoms with E-state index in [0.29, 0.717) is 5.69 Å². The summed E-state index contributed by atoms with van der Waals surface area (Å²) in [6.45, 7) is 1.84. The molecule has 0 aromatic carbocycles. The molecule has 10 heavy (non-hydrogen) atoms. The second-order valence-corrected chi connectivity index (χ2v) is 1.82. The van der Waals surface area contributed by atoms with E-state index in [0.717, 1.165) is 5.69 Å². The van der Waals surface area contributed by atoms with E-state index >= 15 is 0 Å². The van der Waals surface area contributed by atoms with Gasteiger partial charge in [0, 0.05) is 12.4 Å². The van der Waals surface area contributed by atoms with Crippen LogP contribution >= 0.6 is 0 Å². The Hall–Kier alpha value is -1.38. The van der Waals surface area contributed by atoms with Crippen molar-refractivity contribution in [1.29, 1.82) is 0 Å². The summed E-state index contributed by atoms with van der Waals surface area (Å²) in [4.78, 5) is 7.86. The van der Waals surface area contributed by atoms with Gasteiger partial charge in [-0.15, -0.1) is 0 Å². The van der Waals surface area contributed by atoms with Gasteiger partial charge in [0.1, 0.15) is 5.69 Å². The summed E-state index contributed by atoms with van der Waals surface area (Å²) in [7, 11) is 0. The van der Waals surface area contributed by atoms with Crippen LogP contribution in [0.15, 0.2) is 23.5 Å². The maximum absolute atomic E-state index is 5.55. The first kappa shape index (κ1) is 6.74. The molecule has 0 bridgehead atoms. The van der Waals surface area contributed by atoms with Gasteiger partial charge >= 0.3 is 0 Å². The van der Waals surface area contributed by atoms with Crippen LogP contribution in [0.1, 0.15) is 6.92 Å². The van der Waals surface area contributed by atoms with E-state index in [9.17, 15) is 0 Å². The Balaban J connectivity index is 3.03. The van der Waals surface area contributed by atoms with E-state index in [1.807, 2.05) is 6.92 Å². The van der Waals surface area contributed by atoms with Gasteiger partial charge in [0.25, 0.3) is 0 Å². The van der Waals surface area contributed by atoms with Gasteiger partial charge in [-0.05, 0) is 13.0 Å². The Bertz CT molecular complexity index is 242. The van der Waals surface area contributed by atoms with Crippen molar-refractivity contribution in [3.63, 3.8) is 0 Å². The predicted octanol–water partition coefficient (Wildman–Crippen LogP) is 1.39. The zero-order chi connectivity index (χ0) is 7.40. The minimum atomic E-state index is 0.660. The number of hydrogen-bond acceptors (Lipinski definition) is 3. The van der Waals surface area contributed by atoms with Crippen molar-refractivity contribution in [3.8, 4) is 0 Å². The van der Waals surface area contributed by atoms with Crippen LogP contribution in [0.2, 0.25) is 0 Å². The van der Waals surface area contributed by atoms with Crippen LogP contribution in [0.4, 0.5) is 11.4 Å². The van der Waals surface area contributed by atoms with Gasteiger partial charge in [0.2, 0.25) is 0 Å². The molecule has 0 saturated carbocycles. The quantitative estimate of drug-likeness (QED) is 0.591. The molecule has 0 radical (unpaired) electrons. The maximum Gasteiger partial charge on any atom is 0.104 e. The summed E-state index contributed by atoms with van der Waals surface area (Å²) in [5.41, 5.74) is 6.94. The first-order valence-electron chi connectivity index (χ1n) is 3.02. The number of aliphatic imine (C=N–C) groups is 1. The van der Waals surface area contributed by atoms with Gasteiger partial charge < -0.3 is 5.73 Å². The number of nitrogen functional groups attached to an aromatic ring is 1. The lowest BCUT2D eigenvalue weighted by Crippen LogP contribution is -1.85. The third-order valence-corrected chi connectivity index (χ3v) is 1.10. The number of rotatable bonds is 1. The molecule has 0 aliphatic heterocycles. The summed E-state index contributed by atoms with van der Waals surface area (Å²) in [6.07, 6.45) is 4.96. The second-order valence-electron chi connectivity index (χ2n) is 1.82. The highest BCUT2D eigenvalue weighted by Crippen LogP contribution is 2.17.